The third-order valence-corrected chi connectivity index (χ3v) is 5.03. The van der Waals surface area contributed by atoms with E-state index in [4.69, 9.17) is 10.7 Å². The number of anilines is 1. The third-order valence-electron chi connectivity index (χ3n) is 3.67. The largest absolute Gasteiger partial charge is 0.348 e. The monoisotopic (exact) mass is 267 g/mol. The fourth-order valence-corrected chi connectivity index (χ4v) is 3.57. The van der Waals surface area contributed by atoms with Crippen LogP contribution >= 0.6 is 11.3 Å². The Morgan fingerprint density at radius 3 is 2.67 bits per heavy atom. The maximum absolute atomic E-state index is 6.06. The van der Waals surface area contributed by atoms with Crippen LogP contribution in [-0.2, 0) is 6.42 Å². The van der Waals surface area contributed by atoms with Crippen LogP contribution in [0.15, 0.2) is 0 Å². The second-order valence-corrected chi connectivity index (χ2v) is 6.52. The molecule has 2 N–H and O–H groups in total. The number of nitrogens with two attached hydrogens (primary N) is 1. The molecule has 1 aromatic rings. The van der Waals surface area contributed by atoms with Gasteiger partial charge < -0.3 is 10.6 Å². The highest BCUT2D eigenvalue weighted by molar-refractivity contribution is 7.15. The van der Waals surface area contributed by atoms with E-state index >= 15 is 0 Å². The molecule has 1 aromatic heterocycles. The van der Waals surface area contributed by atoms with Gasteiger partial charge in [-0.25, -0.2) is 4.98 Å². The van der Waals surface area contributed by atoms with Crippen molar-refractivity contribution in [3.05, 3.63) is 10.6 Å². The summed E-state index contributed by atoms with van der Waals surface area (Å²) in [6.45, 7) is 8.91. The molecule has 0 bridgehead atoms. The first-order valence-corrected chi connectivity index (χ1v) is 7.93. The van der Waals surface area contributed by atoms with Gasteiger partial charge in [0.15, 0.2) is 5.13 Å². The first-order valence-electron chi connectivity index (χ1n) is 7.12. The molecule has 1 atom stereocenters. The van der Waals surface area contributed by atoms with Crippen LogP contribution in [-0.4, -0.2) is 18.1 Å². The van der Waals surface area contributed by atoms with Crippen LogP contribution in [0, 0.1) is 5.92 Å². The van der Waals surface area contributed by atoms with Crippen LogP contribution in [0.1, 0.15) is 56.6 Å². The Morgan fingerprint density at radius 1 is 1.44 bits per heavy atom. The van der Waals surface area contributed by atoms with Gasteiger partial charge in [0.25, 0.3) is 0 Å². The first kappa shape index (κ1) is 13.8. The quantitative estimate of drug-likeness (QED) is 0.909. The maximum atomic E-state index is 6.06. The van der Waals surface area contributed by atoms with Crippen LogP contribution in [0.4, 0.5) is 5.13 Å². The predicted molar refractivity (Wildman–Crippen MR) is 79.3 cm³/mol. The Morgan fingerprint density at radius 2 is 2.11 bits per heavy atom. The van der Waals surface area contributed by atoms with E-state index in [0.717, 1.165) is 31.8 Å². The molecule has 0 amide bonds. The lowest BCUT2D eigenvalue weighted by atomic mass is 10.00. The fraction of sp³-hybridized carbons (Fsp3) is 0.786. The lowest BCUT2D eigenvalue weighted by Crippen LogP contribution is -2.32. The van der Waals surface area contributed by atoms with Crippen molar-refractivity contribution in [2.45, 2.75) is 52.5 Å². The molecule has 102 valence electrons. The van der Waals surface area contributed by atoms with E-state index in [1.54, 1.807) is 11.3 Å². The number of aryl methyl sites for hydroxylation is 1. The van der Waals surface area contributed by atoms with Crippen molar-refractivity contribution in [3.63, 3.8) is 0 Å². The molecule has 0 radical (unpaired) electrons. The highest BCUT2D eigenvalue weighted by Crippen LogP contribution is 2.33. The van der Waals surface area contributed by atoms with Crippen LogP contribution in [0.25, 0.3) is 0 Å². The minimum atomic E-state index is 0.113. The molecule has 1 aliphatic rings. The minimum absolute atomic E-state index is 0.113. The Balaban J connectivity index is 2.15. The molecule has 2 rings (SSSR count). The van der Waals surface area contributed by atoms with Gasteiger partial charge in [-0.1, -0.05) is 20.3 Å². The van der Waals surface area contributed by atoms with E-state index < -0.39 is 0 Å². The second-order valence-electron chi connectivity index (χ2n) is 5.52. The third kappa shape index (κ3) is 3.04. The zero-order chi connectivity index (χ0) is 13.1. The summed E-state index contributed by atoms with van der Waals surface area (Å²) < 4.78 is 0. The Bertz CT molecular complexity index is 378. The summed E-state index contributed by atoms with van der Waals surface area (Å²) in [7, 11) is 0. The normalized spacial score (nSPS) is 19.2. The number of piperidine rings is 1. The zero-order valence-electron chi connectivity index (χ0n) is 11.8. The molecule has 3 nitrogen and oxygen atoms in total. The van der Waals surface area contributed by atoms with Crippen molar-refractivity contribution in [1.29, 1.82) is 0 Å². The second kappa shape index (κ2) is 6.02. The molecule has 1 aliphatic heterocycles. The molecular formula is C14H25N3S. The summed E-state index contributed by atoms with van der Waals surface area (Å²) >= 11 is 1.81. The molecule has 1 unspecified atom stereocenters. The van der Waals surface area contributed by atoms with E-state index in [1.165, 1.54) is 28.5 Å². The smallest absolute Gasteiger partial charge is 0.185 e. The Labute approximate surface area is 114 Å². The number of nitrogens with zero attached hydrogens (tertiary/aromatic N) is 2. The van der Waals surface area contributed by atoms with E-state index in [0.29, 0.717) is 0 Å². The van der Waals surface area contributed by atoms with Gasteiger partial charge in [0.1, 0.15) is 0 Å². The van der Waals surface area contributed by atoms with Crippen molar-refractivity contribution in [2.75, 3.05) is 18.0 Å². The number of hydrogen-bond acceptors (Lipinski definition) is 4. The summed E-state index contributed by atoms with van der Waals surface area (Å²) in [4.78, 5) is 8.56. The van der Waals surface area contributed by atoms with Gasteiger partial charge in [0.05, 0.1) is 5.69 Å². The number of aromatic nitrogens is 1. The van der Waals surface area contributed by atoms with E-state index in [1.807, 2.05) is 0 Å². The van der Waals surface area contributed by atoms with Gasteiger partial charge in [-0.2, -0.15) is 0 Å². The first-order chi connectivity index (χ1) is 8.61. The van der Waals surface area contributed by atoms with Crippen LogP contribution in [0.5, 0.6) is 0 Å². The fourth-order valence-electron chi connectivity index (χ4n) is 2.46. The van der Waals surface area contributed by atoms with Crippen LogP contribution in [0.2, 0.25) is 0 Å². The summed E-state index contributed by atoms with van der Waals surface area (Å²) in [5, 5.41) is 1.19. The lowest BCUT2D eigenvalue weighted by molar-refractivity contribution is 0.438. The summed E-state index contributed by atoms with van der Waals surface area (Å²) in [6, 6.07) is 0.113. The molecule has 0 spiro atoms. The standard InChI is InChI=1S/C14H25N3S/c1-4-5-12-13(11(3)15)18-14(16-12)17-8-6-10(2)7-9-17/h10-11H,4-9,15H2,1-3H3. The number of rotatable bonds is 4. The summed E-state index contributed by atoms with van der Waals surface area (Å²) in [5.41, 5.74) is 7.29. The topological polar surface area (TPSA) is 42.2 Å². The van der Waals surface area contributed by atoms with E-state index in [2.05, 4.69) is 25.7 Å². The SMILES string of the molecule is CCCc1nc(N2CCC(C)CC2)sc1C(C)N. The van der Waals surface area contributed by atoms with Gasteiger partial charge in [-0.15, -0.1) is 11.3 Å². The lowest BCUT2D eigenvalue weighted by Gasteiger charge is -2.29. The summed E-state index contributed by atoms with van der Waals surface area (Å²) in [6.07, 6.45) is 4.77. The van der Waals surface area contributed by atoms with Crippen molar-refractivity contribution < 1.29 is 0 Å². The van der Waals surface area contributed by atoms with Crippen molar-refractivity contribution in [2.24, 2.45) is 11.7 Å². The molecular weight excluding hydrogens is 242 g/mol. The predicted octanol–water partition coefficient (Wildman–Crippen LogP) is 3.35. The highest BCUT2D eigenvalue weighted by Gasteiger charge is 2.21. The molecule has 18 heavy (non-hydrogen) atoms. The van der Waals surface area contributed by atoms with Gasteiger partial charge in [0, 0.05) is 24.0 Å². The van der Waals surface area contributed by atoms with Crippen molar-refractivity contribution >= 4 is 16.5 Å². The summed E-state index contributed by atoms with van der Waals surface area (Å²) in [5.74, 6) is 0.865. The van der Waals surface area contributed by atoms with E-state index in [-0.39, 0.29) is 6.04 Å². The molecule has 0 saturated carbocycles. The molecule has 0 aliphatic carbocycles. The van der Waals surface area contributed by atoms with Crippen molar-refractivity contribution in [1.82, 2.24) is 4.98 Å². The Hall–Kier alpha value is -0.610. The van der Waals surface area contributed by atoms with Crippen LogP contribution < -0.4 is 10.6 Å². The Kier molecular flexibility index (Phi) is 4.62. The molecule has 1 saturated heterocycles. The molecule has 0 aromatic carbocycles. The maximum Gasteiger partial charge on any atom is 0.185 e. The molecule has 1 fully saturated rings. The van der Waals surface area contributed by atoms with E-state index in [9.17, 15) is 0 Å². The van der Waals surface area contributed by atoms with Crippen molar-refractivity contribution in [3.8, 4) is 0 Å². The molecule has 4 heteroatoms. The van der Waals surface area contributed by atoms with Gasteiger partial charge >= 0.3 is 0 Å². The highest BCUT2D eigenvalue weighted by atomic mass is 32.1. The average molecular weight is 267 g/mol. The number of hydrogen-bond donors (Lipinski definition) is 1. The van der Waals surface area contributed by atoms with Gasteiger partial charge in [-0.3, -0.25) is 0 Å². The van der Waals surface area contributed by atoms with Crippen LogP contribution in [0.3, 0.4) is 0 Å². The zero-order valence-corrected chi connectivity index (χ0v) is 12.6. The minimum Gasteiger partial charge on any atom is -0.348 e. The van der Waals surface area contributed by atoms with Gasteiger partial charge in [-0.05, 0) is 32.1 Å². The van der Waals surface area contributed by atoms with Gasteiger partial charge in [0.2, 0.25) is 0 Å². The molecule has 2 heterocycles. The number of thiazole rings is 1. The average Bonchev–Trinajstić information content (AvgIpc) is 2.75.